The topological polar surface area (TPSA) is 40.6 Å². The van der Waals surface area contributed by atoms with Crippen molar-refractivity contribution in [3.8, 4) is 0 Å². The number of benzene rings is 1. The molecule has 1 aromatic rings. The lowest BCUT2D eigenvalue weighted by molar-refractivity contribution is -0.159. The van der Waals surface area contributed by atoms with Gasteiger partial charge in [0, 0.05) is 12.6 Å². The predicted molar refractivity (Wildman–Crippen MR) is 111 cm³/mol. The van der Waals surface area contributed by atoms with E-state index in [9.17, 15) is 14.0 Å². The first kappa shape index (κ1) is 20.1. The Morgan fingerprint density at radius 3 is 2.41 bits per heavy atom. The summed E-state index contributed by atoms with van der Waals surface area (Å²) in [6.07, 6.45) is 13.1. The van der Waals surface area contributed by atoms with E-state index < -0.39 is 6.04 Å². The van der Waals surface area contributed by atoms with Crippen LogP contribution < -0.4 is 0 Å². The largest absolute Gasteiger partial charge is 0.328 e. The summed E-state index contributed by atoms with van der Waals surface area (Å²) < 4.78 is 13.5. The Morgan fingerprint density at radius 1 is 0.966 bits per heavy atom. The molecule has 0 N–H and O–H groups in total. The van der Waals surface area contributed by atoms with Crippen LogP contribution in [0.25, 0.3) is 0 Å². The van der Waals surface area contributed by atoms with E-state index in [-0.39, 0.29) is 30.2 Å². The zero-order chi connectivity index (χ0) is 20.2. The lowest BCUT2D eigenvalue weighted by atomic mass is 9.91. The van der Waals surface area contributed by atoms with Gasteiger partial charge in [0.05, 0.1) is 0 Å². The smallest absolute Gasteiger partial charge is 0.250 e. The van der Waals surface area contributed by atoms with Gasteiger partial charge in [-0.1, -0.05) is 43.0 Å². The van der Waals surface area contributed by atoms with E-state index in [1.54, 1.807) is 17.0 Å². The summed E-state index contributed by atoms with van der Waals surface area (Å²) in [5, 5.41) is 0. The SMILES string of the molecule is O=C1[C@H](c2ccc(F)cc2)N(CCC2=CCCCC2)C(=O)CN1C1CCCCC1. The van der Waals surface area contributed by atoms with Crippen molar-refractivity contribution in [2.45, 2.75) is 76.3 Å². The van der Waals surface area contributed by atoms with Gasteiger partial charge in [0.2, 0.25) is 5.91 Å². The van der Waals surface area contributed by atoms with Crippen LogP contribution in [0.2, 0.25) is 0 Å². The molecule has 0 spiro atoms. The molecule has 0 bridgehead atoms. The van der Waals surface area contributed by atoms with Crippen LogP contribution in [0.5, 0.6) is 0 Å². The van der Waals surface area contributed by atoms with Crippen LogP contribution in [0, 0.1) is 5.82 Å². The van der Waals surface area contributed by atoms with E-state index >= 15 is 0 Å². The Morgan fingerprint density at radius 2 is 1.72 bits per heavy atom. The molecule has 1 saturated heterocycles. The number of carbonyl (C=O) groups excluding carboxylic acids is 2. The highest BCUT2D eigenvalue weighted by Gasteiger charge is 2.42. The first-order valence-corrected chi connectivity index (χ1v) is 11.2. The van der Waals surface area contributed by atoms with Crippen molar-refractivity contribution in [2.24, 2.45) is 0 Å². The molecule has 0 unspecified atom stereocenters. The molecule has 1 heterocycles. The summed E-state index contributed by atoms with van der Waals surface area (Å²) >= 11 is 0. The number of carbonyl (C=O) groups is 2. The third-order valence-corrected chi connectivity index (χ3v) is 6.71. The van der Waals surface area contributed by atoms with E-state index in [0.29, 0.717) is 12.1 Å². The fourth-order valence-corrected chi connectivity index (χ4v) is 5.07. The summed E-state index contributed by atoms with van der Waals surface area (Å²) in [5.41, 5.74) is 2.10. The Balaban J connectivity index is 1.58. The average molecular weight is 399 g/mol. The van der Waals surface area contributed by atoms with Crippen LogP contribution in [0.1, 0.15) is 75.8 Å². The third kappa shape index (κ3) is 4.54. The fraction of sp³-hybridized carbons (Fsp3) is 0.583. The summed E-state index contributed by atoms with van der Waals surface area (Å²) in [4.78, 5) is 30.2. The van der Waals surface area contributed by atoms with Gasteiger partial charge in [-0.2, -0.15) is 0 Å². The van der Waals surface area contributed by atoms with Crippen molar-refractivity contribution < 1.29 is 14.0 Å². The molecule has 156 valence electrons. The average Bonchev–Trinajstić information content (AvgIpc) is 2.76. The zero-order valence-electron chi connectivity index (χ0n) is 17.1. The van der Waals surface area contributed by atoms with Crippen molar-refractivity contribution >= 4 is 11.8 Å². The third-order valence-electron chi connectivity index (χ3n) is 6.71. The van der Waals surface area contributed by atoms with Gasteiger partial charge in [-0.15, -0.1) is 0 Å². The summed E-state index contributed by atoms with van der Waals surface area (Å²) in [5.74, 6) is -0.312. The maximum Gasteiger partial charge on any atom is 0.250 e. The lowest BCUT2D eigenvalue weighted by Gasteiger charge is -2.44. The second-order valence-corrected chi connectivity index (χ2v) is 8.66. The Hall–Kier alpha value is -2.17. The van der Waals surface area contributed by atoms with Gasteiger partial charge < -0.3 is 9.80 Å². The number of piperazine rings is 1. The molecule has 2 fully saturated rings. The maximum absolute atomic E-state index is 13.5. The first-order valence-electron chi connectivity index (χ1n) is 11.2. The Bertz CT molecular complexity index is 768. The molecule has 1 aromatic carbocycles. The quantitative estimate of drug-likeness (QED) is 0.671. The molecule has 2 amide bonds. The van der Waals surface area contributed by atoms with Crippen molar-refractivity contribution in [2.75, 3.05) is 13.1 Å². The van der Waals surface area contributed by atoms with Gasteiger partial charge in [0.25, 0.3) is 5.91 Å². The summed E-state index contributed by atoms with van der Waals surface area (Å²) in [6, 6.07) is 5.60. The fourth-order valence-electron chi connectivity index (χ4n) is 5.07. The van der Waals surface area contributed by atoms with Crippen LogP contribution >= 0.6 is 0 Å². The predicted octanol–water partition coefficient (Wildman–Crippen LogP) is 4.76. The molecule has 1 atom stereocenters. The molecule has 29 heavy (non-hydrogen) atoms. The van der Waals surface area contributed by atoms with Crippen LogP contribution in [0.3, 0.4) is 0 Å². The number of amides is 2. The van der Waals surface area contributed by atoms with Crippen molar-refractivity contribution in [1.29, 1.82) is 0 Å². The van der Waals surface area contributed by atoms with E-state index in [2.05, 4.69) is 6.08 Å². The van der Waals surface area contributed by atoms with Gasteiger partial charge in [-0.25, -0.2) is 4.39 Å². The highest BCUT2D eigenvalue weighted by molar-refractivity contribution is 5.95. The van der Waals surface area contributed by atoms with E-state index in [0.717, 1.165) is 44.9 Å². The molecule has 0 radical (unpaired) electrons. The molecular formula is C24H31FN2O2. The van der Waals surface area contributed by atoms with Crippen LogP contribution in [-0.2, 0) is 9.59 Å². The molecule has 0 aromatic heterocycles. The van der Waals surface area contributed by atoms with E-state index in [1.807, 2.05) is 4.90 Å². The lowest BCUT2D eigenvalue weighted by Crippen LogP contribution is -2.58. The molecule has 1 saturated carbocycles. The number of nitrogens with zero attached hydrogens (tertiary/aromatic N) is 2. The number of allylic oxidation sites excluding steroid dienone is 1. The van der Waals surface area contributed by atoms with Crippen molar-refractivity contribution in [3.05, 3.63) is 47.3 Å². The van der Waals surface area contributed by atoms with Gasteiger partial charge in [-0.05, 0) is 62.6 Å². The second-order valence-electron chi connectivity index (χ2n) is 8.66. The molecule has 5 heteroatoms. The zero-order valence-corrected chi connectivity index (χ0v) is 17.1. The molecule has 2 aliphatic carbocycles. The van der Waals surface area contributed by atoms with Gasteiger partial charge in [-0.3, -0.25) is 9.59 Å². The van der Waals surface area contributed by atoms with E-state index in [4.69, 9.17) is 0 Å². The molecule has 1 aliphatic heterocycles. The minimum absolute atomic E-state index is 0.000678. The van der Waals surface area contributed by atoms with Gasteiger partial charge in [0.15, 0.2) is 0 Å². The summed E-state index contributed by atoms with van der Waals surface area (Å²) in [7, 11) is 0. The Kier molecular flexibility index (Phi) is 6.31. The molecule has 3 aliphatic rings. The van der Waals surface area contributed by atoms with Crippen LogP contribution in [0.4, 0.5) is 4.39 Å². The minimum Gasteiger partial charge on any atom is -0.328 e. The Labute approximate surface area is 172 Å². The number of hydrogen-bond acceptors (Lipinski definition) is 2. The highest BCUT2D eigenvalue weighted by atomic mass is 19.1. The van der Waals surface area contributed by atoms with Crippen LogP contribution in [0.15, 0.2) is 35.9 Å². The number of halogens is 1. The minimum atomic E-state index is -0.636. The van der Waals surface area contributed by atoms with Gasteiger partial charge in [0.1, 0.15) is 18.4 Å². The standard InChI is InChI=1S/C24H31FN2O2/c25-20-13-11-19(12-14-20)23-24(29)27(21-9-5-2-6-10-21)17-22(28)26(23)16-15-18-7-3-1-4-8-18/h7,11-14,21,23H,1-6,8-10,15-17H2/t23-/m0/s1. The van der Waals surface area contributed by atoms with Crippen LogP contribution in [-0.4, -0.2) is 40.7 Å². The second kappa shape index (κ2) is 9.10. The number of rotatable bonds is 5. The van der Waals surface area contributed by atoms with Crippen molar-refractivity contribution in [1.82, 2.24) is 9.80 Å². The van der Waals surface area contributed by atoms with Gasteiger partial charge >= 0.3 is 0 Å². The number of hydrogen-bond donors (Lipinski definition) is 0. The molecular weight excluding hydrogens is 367 g/mol. The van der Waals surface area contributed by atoms with E-state index in [1.165, 1.54) is 37.0 Å². The monoisotopic (exact) mass is 398 g/mol. The molecule has 4 rings (SSSR count). The summed E-state index contributed by atoms with van der Waals surface area (Å²) in [6.45, 7) is 0.733. The van der Waals surface area contributed by atoms with Crippen molar-refractivity contribution in [3.63, 3.8) is 0 Å². The molecule has 4 nitrogen and oxygen atoms in total. The first-order chi connectivity index (χ1) is 14.1. The normalized spacial score (nSPS) is 24.0. The maximum atomic E-state index is 13.5. The highest BCUT2D eigenvalue weighted by Crippen LogP contribution is 2.33.